The number of benzene rings is 1. The third kappa shape index (κ3) is 3.11. The topological polar surface area (TPSA) is 32.8 Å². The summed E-state index contributed by atoms with van der Waals surface area (Å²) in [5.74, 6) is 0.326. The van der Waals surface area contributed by atoms with Gasteiger partial charge in [0.25, 0.3) is 0 Å². The molecule has 4 nitrogen and oxygen atoms in total. The maximum absolute atomic E-state index is 13.8. The fourth-order valence-corrected chi connectivity index (χ4v) is 5.07. The van der Waals surface area contributed by atoms with E-state index in [1.807, 2.05) is 0 Å². The minimum Gasteiger partial charge on any atom is -0.372 e. The number of ether oxygens (including phenoxy) is 1. The number of carbonyl (C=O) groups excluding carboxylic acids is 1. The van der Waals surface area contributed by atoms with Crippen LogP contribution in [0, 0.1) is 0 Å². The Bertz CT molecular complexity index is 604. The molecule has 3 aliphatic rings. The zero-order valence-electron chi connectivity index (χ0n) is 15.5. The van der Waals surface area contributed by atoms with Gasteiger partial charge in [-0.3, -0.25) is 9.69 Å². The lowest BCUT2D eigenvalue weighted by Gasteiger charge is -2.46. The molecule has 2 fully saturated rings. The molecule has 2 heterocycles. The molecule has 1 aromatic rings. The first-order valence-electron chi connectivity index (χ1n) is 9.85. The maximum atomic E-state index is 13.8. The fourth-order valence-electron chi connectivity index (χ4n) is 5.07. The van der Waals surface area contributed by atoms with Crippen LogP contribution < -0.4 is 0 Å². The Morgan fingerprint density at radius 3 is 2.12 bits per heavy atom. The zero-order chi connectivity index (χ0) is 17.4. The number of morpholine rings is 1. The van der Waals surface area contributed by atoms with Crippen LogP contribution in [0.15, 0.2) is 24.3 Å². The number of likely N-dealkylation sites (tertiary alicyclic amines) is 1. The standard InChI is InChI=1S/C21H30N2O2/c1-16-14-22(15-17(2)25-16)20(24)21(23-10-6-3-7-11-23)12-18-8-4-5-9-19(18)13-21/h4-5,8-9,16-17H,3,6-7,10-15H2,1-2H3/t16-,17+. The summed E-state index contributed by atoms with van der Waals surface area (Å²) in [4.78, 5) is 18.4. The SMILES string of the molecule is C[C@@H]1CN(C(=O)C2(N3CCCCC3)Cc3ccccc3C2)C[C@H](C)O1. The largest absolute Gasteiger partial charge is 0.372 e. The third-order valence-electron chi connectivity index (χ3n) is 6.15. The van der Waals surface area contributed by atoms with Crippen LogP contribution in [0.2, 0.25) is 0 Å². The van der Waals surface area contributed by atoms with E-state index in [-0.39, 0.29) is 17.7 Å². The van der Waals surface area contributed by atoms with E-state index in [4.69, 9.17) is 4.74 Å². The van der Waals surface area contributed by atoms with Crippen LogP contribution in [0.1, 0.15) is 44.2 Å². The van der Waals surface area contributed by atoms with Gasteiger partial charge in [0, 0.05) is 25.9 Å². The average Bonchev–Trinajstić information content (AvgIpc) is 3.02. The molecule has 1 aromatic carbocycles. The van der Waals surface area contributed by atoms with Crippen LogP contribution in [-0.2, 0) is 22.4 Å². The van der Waals surface area contributed by atoms with Crippen LogP contribution in [0.4, 0.5) is 0 Å². The number of hydrogen-bond acceptors (Lipinski definition) is 3. The smallest absolute Gasteiger partial charge is 0.243 e. The van der Waals surface area contributed by atoms with E-state index < -0.39 is 0 Å². The van der Waals surface area contributed by atoms with E-state index in [1.165, 1.54) is 30.4 Å². The molecule has 4 rings (SSSR count). The van der Waals surface area contributed by atoms with Gasteiger partial charge in [0.1, 0.15) is 5.54 Å². The van der Waals surface area contributed by atoms with Gasteiger partial charge in [-0.1, -0.05) is 30.7 Å². The molecule has 25 heavy (non-hydrogen) atoms. The van der Waals surface area contributed by atoms with Gasteiger partial charge in [-0.25, -0.2) is 0 Å². The fraction of sp³-hybridized carbons (Fsp3) is 0.667. The quantitative estimate of drug-likeness (QED) is 0.828. The Morgan fingerprint density at radius 1 is 1.00 bits per heavy atom. The van der Waals surface area contributed by atoms with Gasteiger partial charge in [-0.2, -0.15) is 0 Å². The summed E-state index contributed by atoms with van der Waals surface area (Å²) in [7, 11) is 0. The molecule has 2 saturated heterocycles. The molecule has 0 radical (unpaired) electrons. The predicted octanol–water partition coefficient (Wildman–Crippen LogP) is 2.65. The molecule has 2 aliphatic heterocycles. The van der Waals surface area contributed by atoms with Crippen molar-refractivity contribution in [2.24, 2.45) is 0 Å². The average molecular weight is 342 g/mol. The highest BCUT2D eigenvalue weighted by atomic mass is 16.5. The van der Waals surface area contributed by atoms with Crippen molar-refractivity contribution in [2.75, 3.05) is 26.2 Å². The first-order chi connectivity index (χ1) is 12.1. The summed E-state index contributed by atoms with van der Waals surface area (Å²) in [6.45, 7) is 7.69. The number of fused-ring (bicyclic) bond motifs is 1. The van der Waals surface area contributed by atoms with Gasteiger partial charge in [-0.15, -0.1) is 0 Å². The molecule has 0 bridgehead atoms. The number of carbonyl (C=O) groups is 1. The van der Waals surface area contributed by atoms with E-state index in [2.05, 4.69) is 47.9 Å². The third-order valence-corrected chi connectivity index (χ3v) is 6.15. The molecule has 1 aliphatic carbocycles. The maximum Gasteiger partial charge on any atom is 0.243 e. The minimum atomic E-state index is -0.374. The van der Waals surface area contributed by atoms with Crippen LogP contribution in [0.3, 0.4) is 0 Å². The molecular weight excluding hydrogens is 312 g/mol. The second-order valence-electron chi connectivity index (χ2n) is 8.17. The van der Waals surface area contributed by atoms with Crippen molar-refractivity contribution < 1.29 is 9.53 Å². The molecule has 4 heteroatoms. The first kappa shape index (κ1) is 17.0. The Morgan fingerprint density at radius 2 is 1.56 bits per heavy atom. The first-order valence-corrected chi connectivity index (χ1v) is 9.85. The summed E-state index contributed by atoms with van der Waals surface area (Å²) < 4.78 is 5.86. The molecular formula is C21H30N2O2. The second kappa shape index (κ2) is 6.73. The normalized spacial score (nSPS) is 29.4. The lowest BCUT2D eigenvalue weighted by atomic mass is 9.88. The lowest BCUT2D eigenvalue weighted by molar-refractivity contribution is -0.156. The number of piperidine rings is 1. The van der Waals surface area contributed by atoms with E-state index in [0.29, 0.717) is 5.91 Å². The van der Waals surface area contributed by atoms with Gasteiger partial charge in [-0.05, 0) is 50.9 Å². The van der Waals surface area contributed by atoms with Crippen molar-refractivity contribution in [3.63, 3.8) is 0 Å². The highest BCUT2D eigenvalue weighted by molar-refractivity contribution is 5.88. The molecule has 136 valence electrons. The second-order valence-corrected chi connectivity index (χ2v) is 8.17. The van der Waals surface area contributed by atoms with E-state index in [1.54, 1.807) is 0 Å². The van der Waals surface area contributed by atoms with Crippen molar-refractivity contribution in [3.8, 4) is 0 Å². The summed E-state index contributed by atoms with van der Waals surface area (Å²) in [6, 6.07) is 8.63. The van der Waals surface area contributed by atoms with Crippen molar-refractivity contribution >= 4 is 5.91 Å². The van der Waals surface area contributed by atoms with Gasteiger partial charge >= 0.3 is 0 Å². The van der Waals surface area contributed by atoms with Crippen LogP contribution in [0.25, 0.3) is 0 Å². The predicted molar refractivity (Wildman–Crippen MR) is 98.6 cm³/mol. The Kier molecular flexibility index (Phi) is 4.59. The van der Waals surface area contributed by atoms with Crippen molar-refractivity contribution in [1.29, 1.82) is 0 Å². The zero-order valence-corrected chi connectivity index (χ0v) is 15.5. The van der Waals surface area contributed by atoms with Gasteiger partial charge < -0.3 is 9.64 Å². The number of nitrogens with zero attached hydrogens (tertiary/aromatic N) is 2. The molecule has 2 atom stereocenters. The summed E-state index contributed by atoms with van der Waals surface area (Å²) in [5, 5.41) is 0. The summed E-state index contributed by atoms with van der Waals surface area (Å²) >= 11 is 0. The van der Waals surface area contributed by atoms with E-state index >= 15 is 0 Å². The molecule has 0 aromatic heterocycles. The van der Waals surface area contributed by atoms with Crippen molar-refractivity contribution in [2.45, 2.75) is 63.7 Å². The Balaban J connectivity index is 1.65. The number of rotatable bonds is 2. The van der Waals surface area contributed by atoms with Crippen molar-refractivity contribution in [3.05, 3.63) is 35.4 Å². The van der Waals surface area contributed by atoms with Crippen molar-refractivity contribution in [1.82, 2.24) is 9.80 Å². The lowest BCUT2D eigenvalue weighted by Crippen LogP contribution is -2.64. The summed E-state index contributed by atoms with van der Waals surface area (Å²) in [5.41, 5.74) is 2.34. The molecule has 1 amide bonds. The Labute approximate surface area is 151 Å². The monoisotopic (exact) mass is 342 g/mol. The minimum absolute atomic E-state index is 0.120. The van der Waals surface area contributed by atoms with Crippen LogP contribution in [0.5, 0.6) is 0 Å². The number of hydrogen-bond donors (Lipinski definition) is 0. The van der Waals surface area contributed by atoms with Gasteiger partial charge in [0.05, 0.1) is 12.2 Å². The van der Waals surface area contributed by atoms with Crippen LogP contribution >= 0.6 is 0 Å². The van der Waals surface area contributed by atoms with Crippen LogP contribution in [-0.4, -0.2) is 59.6 Å². The molecule has 0 spiro atoms. The Hall–Kier alpha value is -1.39. The van der Waals surface area contributed by atoms with Gasteiger partial charge in [0.2, 0.25) is 5.91 Å². The van der Waals surface area contributed by atoms with E-state index in [0.717, 1.165) is 39.0 Å². The molecule has 0 saturated carbocycles. The highest BCUT2D eigenvalue weighted by Gasteiger charge is 2.50. The highest BCUT2D eigenvalue weighted by Crippen LogP contribution is 2.38. The molecule has 0 N–H and O–H groups in total. The van der Waals surface area contributed by atoms with Gasteiger partial charge in [0.15, 0.2) is 0 Å². The van der Waals surface area contributed by atoms with E-state index in [9.17, 15) is 4.79 Å². The summed E-state index contributed by atoms with van der Waals surface area (Å²) in [6.07, 6.45) is 5.68. The molecule has 0 unspecified atom stereocenters. The number of amides is 1.